The quantitative estimate of drug-likeness (QED) is 0.464. The molecule has 0 amide bonds. The molecule has 2 saturated heterocycles. The van der Waals surface area contributed by atoms with E-state index in [1.54, 1.807) is 23.1 Å². The van der Waals surface area contributed by atoms with Gasteiger partial charge in [0.05, 0.1) is 18.4 Å². The van der Waals surface area contributed by atoms with Crippen molar-refractivity contribution in [3.05, 3.63) is 58.5 Å². The number of hydrogen-bond donors (Lipinski definition) is 0. The normalized spacial score (nSPS) is 21.7. The Morgan fingerprint density at radius 1 is 0.919 bits per heavy atom. The lowest BCUT2D eigenvalue weighted by atomic mass is 9.73. The average Bonchev–Trinajstić information content (AvgIpc) is 3.52. The van der Waals surface area contributed by atoms with E-state index < -0.39 is 23.3 Å². The minimum Gasteiger partial charge on any atom is -0.353 e. The van der Waals surface area contributed by atoms with Crippen molar-refractivity contribution in [2.45, 2.75) is 37.6 Å². The molecule has 194 valence electrons. The molecule has 7 nitrogen and oxygen atoms in total. The number of anilines is 2. The molecule has 1 aromatic carbocycles. The molecule has 13 heteroatoms. The molecule has 0 atom stereocenters. The second-order valence-corrected chi connectivity index (χ2v) is 11.0. The number of hydrogen-bond acceptors (Lipinski definition) is 6. The lowest BCUT2D eigenvalue weighted by molar-refractivity contribution is -0.200. The van der Waals surface area contributed by atoms with Crippen molar-refractivity contribution >= 4 is 23.4 Å². The van der Waals surface area contributed by atoms with E-state index in [0.29, 0.717) is 54.2 Å². The third-order valence-electron chi connectivity index (χ3n) is 8.02. The Labute approximate surface area is 213 Å². The van der Waals surface area contributed by atoms with E-state index in [4.69, 9.17) is 11.6 Å². The lowest BCUT2D eigenvalue weighted by Gasteiger charge is -2.60. The van der Waals surface area contributed by atoms with Gasteiger partial charge in [-0.2, -0.15) is 13.2 Å². The molecule has 5 heterocycles. The predicted molar refractivity (Wildman–Crippen MR) is 125 cm³/mol. The van der Waals surface area contributed by atoms with Gasteiger partial charge in [-0.05, 0) is 36.6 Å². The van der Waals surface area contributed by atoms with Crippen LogP contribution < -0.4 is 9.80 Å². The molecule has 0 radical (unpaired) electrons. The van der Waals surface area contributed by atoms with Crippen molar-refractivity contribution in [3.8, 4) is 5.69 Å². The molecule has 1 saturated carbocycles. The summed E-state index contributed by atoms with van der Waals surface area (Å²) < 4.78 is 71.2. The van der Waals surface area contributed by atoms with Gasteiger partial charge in [0.25, 0.3) is 0 Å². The summed E-state index contributed by atoms with van der Waals surface area (Å²) in [5.41, 5.74) is -0.546. The van der Waals surface area contributed by atoms with Gasteiger partial charge in [0.15, 0.2) is 17.5 Å². The van der Waals surface area contributed by atoms with E-state index in [0.717, 1.165) is 12.3 Å². The first-order chi connectivity index (χ1) is 17.6. The van der Waals surface area contributed by atoms with Gasteiger partial charge in [0.1, 0.15) is 11.4 Å². The van der Waals surface area contributed by atoms with Crippen LogP contribution in [0.4, 0.5) is 33.7 Å². The van der Waals surface area contributed by atoms with E-state index in [9.17, 15) is 22.0 Å². The zero-order chi connectivity index (χ0) is 25.7. The van der Waals surface area contributed by atoms with Crippen LogP contribution in [0.5, 0.6) is 0 Å². The fraction of sp³-hybridized carbons (Fsp3) is 0.458. The maximum atomic E-state index is 14.1. The number of alkyl halides is 3. The maximum absolute atomic E-state index is 14.1. The SMILES string of the molecule is Fc1cnc(N2CC3(C2)CN(c2nnc4n2-c2ccc(Cl)cc2CN(C2(C(F)(F)F)CC2)C4)C3)c(F)c1. The fourth-order valence-corrected chi connectivity index (χ4v) is 6.25. The van der Waals surface area contributed by atoms with Gasteiger partial charge in [-0.1, -0.05) is 11.6 Å². The minimum absolute atomic E-state index is 0.0150. The summed E-state index contributed by atoms with van der Waals surface area (Å²) in [7, 11) is 0. The number of halogens is 6. The molecule has 1 aliphatic carbocycles. The number of nitrogens with zero attached hydrogens (tertiary/aromatic N) is 7. The third-order valence-corrected chi connectivity index (χ3v) is 8.26. The van der Waals surface area contributed by atoms with Crippen molar-refractivity contribution in [1.29, 1.82) is 0 Å². The Balaban J connectivity index is 1.16. The van der Waals surface area contributed by atoms with E-state index in [-0.39, 0.29) is 37.2 Å². The Morgan fingerprint density at radius 3 is 2.32 bits per heavy atom. The van der Waals surface area contributed by atoms with Gasteiger partial charge in [0.2, 0.25) is 5.95 Å². The number of rotatable bonds is 3. The molecule has 1 spiro atoms. The van der Waals surface area contributed by atoms with Crippen LogP contribution in [-0.4, -0.2) is 62.5 Å². The van der Waals surface area contributed by atoms with Crippen LogP contribution in [0, 0.1) is 17.0 Å². The third kappa shape index (κ3) is 3.44. The Kier molecular flexibility index (Phi) is 4.71. The van der Waals surface area contributed by atoms with Crippen molar-refractivity contribution in [2.24, 2.45) is 5.41 Å². The summed E-state index contributed by atoms with van der Waals surface area (Å²) in [6.07, 6.45) is -3.23. The highest BCUT2D eigenvalue weighted by Crippen LogP contribution is 2.55. The number of aromatic nitrogens is 4. The monoisotopic (exact) mass is 537 g/mol. The largest absolute Gasteiger partial charge is 0.406 e. The molecule has 7 rings (SSSR count). The van der Waals surface area contributed by atoms with Crippen LogP contribution in [0.2, 0.25) is 5.02 Å². The summed E-state index contributed by atoms with van der Waals surface area (Å²) in [5, 5.41) is 9.14. The van der Waals surface area contributed by atoms with Gasteiger partial charge in [-0.3, -0.25) is 9.47 Å². The van der Waals surface area contributed by atoms with Crippen LogP contribution in [0.3, 0.4) is 0 Å². The summed E-state index contributed by atoms with van der Waals surface area (Å²) in [6.45, 7) is 2.50. The molecule has 3 aromatic rings. The second-order valence-electron chi connectivity index (χ2n) is 10.6. The van der Waals surface area contributed by atoms with Crippen LogP contribution >= 0.6 is 11.6 Å². The summed E-state index contributed by atoms with van der Waals surface area (Å²) in [6, 6.07) is 6.05. The second kappa shape index (κ2) is 7.53. The fourth-order valence-electron chi connectivity index (χ4n) is 6.05. The first-order valence-electron chi connectivity index (χ1n) is 11.9. The molecule has 0 N–H and O–H groups in total. The van der Waals surface area contributed by atoms with E-state index in [1.807, 2.05) is 9.47 Å². The first-order valence-corrected chi connectivity index (χ1v) is 12.3. The minimum atomic E-state index is -4.34. The summed E-state index contributed by atoms with van der Waals surface area (Å²) in [4.78, 5) is 9.14. The molecule has 3 aliphatic heterocycles. The highest BCUT2D eigenvalue weighted by atomic mass is 35.5. The standard InChI is InChI=1S/C24H21ClF5N7/c25-15-1-2-18-14(5-15)8-36(23(3-4-23)24(28,29)30)9-19-32-33-21(37(18)19)35-12-22(13-35)10-34(11-22)20-17(27)6-16(26)7-31-20/h1-2,5-7H,3-4,8-13H2. The predicted octanol–water partition coefficient (Wildman–Crippen LogP) is 4.33. The van der Waals surface area contributed by atoms with Crippen molar-refractivity contribution in [2.75, 3.05) is 36.0 Å². The number of fused-ring (bicyclic) bond motifs is 3. The summed E-state index contributed by atoms with van der Waals surface area (Å²) >= 11 is 6.24. The highest BCUT2D eigenvalue weighted by Gasteiger charge is 2.67. The molecular weight excluding hydrogens is 517 g/mol. The topological polar surface area (TPSA) is 53.3 Å². The molecule has 4 aliphatic rings. The van der Waals surface area contributed by atoms with Gasteiger partial charge in [0, 0.05) is 49.2 Å². The highest BCUT2D eigenvalue weighted by molar-refractivity contribution is 6.30. The number of benzene rings is 1. The summed E-state index contributed by atoms with van der Waals surface area (Å²) in [5.74, 6) is -0.276. The average molecular weight is 538 g/mol. The van der Waals surface area contributed by atoms with E-state index >= 15 is 0 Å². The molecule has 2 aromatic heterocycles. The smallest absolute Gasteiger partial charge is 0.353 e. The Bertz CT molecular complexity index is 1400. The molecule has 37 heavy (non-hydrogen) atoms. The van der Waals surface area contributed by atoms with Crippen LogP contribution in [-0.2, 0) is 13.1 Å². The van der Waals surface area contributed by atoms with E-state index in [1.165, 1.54) is 4.90 Å². The Morgan fingerprint density at radius 2 is 1.65 bits per heavy atom. The zero-order valence-electron chi connectivity index (χ0n) is 19.4. The van der Waals surface area contributed by atoms with Crippen molar-refractivity contribution in [1.82, 2.24) is 24.6 Å². The number of pyridine rings is 1. The van der Waals surface area contributed by atoms with Crippen LogP contribution in [0.15, 0.2) is 30.5 Å². The van der Waals surface area contributed by atoms with Crippen molar-refractivity contribution < 1.29 is 22.0 Å². The maximum Gasteiger partial charge on any atom is 0.406 e. The van der Waals surface area contributed by atoms with Gasteiger partial charge >= 0.3 is 6.18 Å². The first kappa shape index (κ1) is 23.2. The van der Waals surface area contributed by atoms with Gasteiger partial charge in [-0.25, -0.2) is 13.8 Å². The van der Waals surface area contributed by atoms with Crippen LogP contribution in [0.1, 0.15) is 24.2 Å². The van der Waals surface area contributed by atoms with Crippen LogP contribution in [0.25, 0.3) is 5.69 Å². The molecule has 0 unspecified atom stereocenters. The van der Waals surface area contributed by atoms with Gasteiger partial charge < -0.3 is 9.80 Å². The van der Waals surface area contributed by atoms with Gasteiger partial charge in [-0.15, -0.1) is 10.2 Å². The molecular formula is C24H21ClF5N7. The molecule has 0 bridgehead atoms. The van der Waals surface area contributed by atoms with E-state index in [2.05, 4.69) is 15.2 Å². The molecule has 3 fully saturated rings. The Hall–Kier alpha value is -2.99. The lowest BCUT2D eigenvalue weighted by Crippen LogP contribution is -2.73. The van der Waals surface area contributed by atoms with Crippen molar-refractivity contribution in [3.63, 3.8) is 0 Å². The zero-order valence-corrected chi connectivity index (χ0v) is 20.2.